The Balaban J connectivity index is 0.00000361. The minimum absolute atomic E-state index is 0. The van der Waals surface area contributed by atoms with Gasteiger partial charge < -0.3 is 43.7 Å². The van der Waals surface area contributed by atoms with E-state index in [4.69, 9.17) is 10.1 Å². The number of aliphatic imine (C=N–C) groups is 1. The molecule has 1 heterocycles. The van der Waals surface area contributed by atoms with Crippen molar-refractivity contribution in [3.63, 3.8) is 0 Å². The fourth-order valence-electron chi connectivity index (χ4n) is 4.09. The first-order valence-corrected chi connectivity index (χ1v) is 11.4. The second-order valence-corrected chi connectivity index (χ2v) is 9.70. The molecule has 0 aliphatic carbocycles. The van der Waals surface area contributed by atoms with Crippen molar-refractivity contribution in [1.29, 1.82) is 0 Å². The summed E-state index contributed by atoms with van der Waals surface area (Å²) in [5.74, 6) is -1.35. The van der Waals surface area contributed by atoms with Crippen molar-refractivity contribution in [3.8, 4) is 5.88 Å². The Morgan fingerprint density at radius 1 is 0.972 bits per heavy atom. The van der Waals surface area contributed by atoms with Crippen molar-refractivity contribution in [2.24, 2.45) is 4.99 Å². The molecule has 3 aromatic carbocycles. The molecule has 0 atom stereocenters. The highest BCUT2D eigenvalue weighted by Crippen LogP contribution is 2.32. The molecule has 0 bridgehead atoms. The summed E-state index contributed by atoms with van der Waals surface area (Å²) < 4.78 is 14.6. The average molecular weight is 601 g/mol. The van der Waals surface area contributed by atoms with Gasteiger partial charge in [-0.3, -0.25) is 4.79 Å². The molecule has 0 fully saturated rings. The molecule has 6 nitrogen and oxygen atoms in total. The van der Waals surface area contributed by atoms with Crippen LogP contribution in [0.3, 0.4) is 0 Å². The van der Waals surface area contributed by atoms with E-state index < -0.39 is 11.8 Å². The Hall–Kier alpha value is -3.24. The molecule has 0 spiro atoms. The van der Waals surface area contributed by atoms with Gasteiger partial charge in [-0.2, -0.15) is 0 Å². The number of carbonyl (C=O) groups is 1. The summed E-state index contributed by atoms with van der Waals surface area (Å²) in [7, 11) is 6.40. The van der Waals surface area contributed by atoms with E-state index in [1.54, 1.807) is 6.07 Å². The van der Waals surface area contributed by atoms with Gasteiger partial charge >= 0.3 is 5.97 Å². The monoisotopic (exact) mass is 601 g/mol. The summed E-state index contributed by atoms with van der Waals surface area (Å²) in [5, 5.41) is 20.4. The summed E-state index contributed by atoms with van der Waals surface area (Å²) in [6.07, 6.45) is 0.474. The van der Waals surface area contributed by atoms with E-state index in [0.29, 0.717) is 28.6 Å². The van der Waals surface area contributed by atoms with Crippen molar-refractivity contribution in [3.05, 3.63) is 94.8 Å². The lowest BCUT2D eigenvalue weighted by atomic mass is 9.98. The van der Waals surface area contributed by atoms with Crippen LogP contribution >= 0.6 is 0 Å². The Bertz CT molecular complexity index is 1390. The molecule has 0 radical (unpaired) electrons. The number of nitrogens with zero attached hydrogens (tertiary/aromatic N) is 2. The standard InChI is InChI=1S/C28H28FN3O3.HI/c1-32(2,3)17-19-6-12-22(13-7-19)30-27(20-9-4-18(5-10-20)8-15-25(33)34)26-23-14-11-21(29)16-24(23)31-28(26)35;/h4-7,9-14,16H,8,15,17H2,1-3H3,(H2-,30,31,33,34,35);1H. The third-order valence-corrected chi connectivity index (χ3v) is 5.67. The number of benzene rings is 3. The van der Waals surface area contributed by atoms with E-state index >= 15 is 0 Å². The predicted molar refractivity (Wildman–Crippen MR) is 136 cm³/mol. The third-order valence-electron chi connectivity index (χ3n) is 5.67. The molecule has 0 aliphatic heterocycles. The first-order valence-electron chi connectivity index (χ1n) is 11.4. The third kappa shape index (κ3) is 6.70. The quantitative estimate of drug-likeness (QED) is 0.165. The number of hydrogen-bond acceptors (Lipinski definition) is 3. The molecule has 0 unspecified atom stereocenters. The van der Waals surface area contributed by atoms with E-state index in [0.717, 1.165) is 27.8 Å². The lowest BCUT2D eigenvalue weighted by Crippen LogP contribution is -3.00. The minimum Gasteiger partial charge on any atom is -1.00 e. The highest BCUT2D eigenvalue weighted by Gasteiger charge is 2.19. The van der Waals surface area contributed by atoms with Crippen LogP contribution in [0.1, 0.15) is 28.7 Å². The minimum atomic E-state index is -0.846. The zero-order valence-electron chi connectivity index (χ0n) is 20.4. The molecule has 0 aliphatic rings. The van der Waals surface area contributed by atoms with Crippen LogP contribution in [0.5, 0.6) is 5.88 Å². The molecular weight excluding hydrogens is 572 g/mol. The second kappa shape index (κ2) is 11.2. The Morgan fingerprint density at radius 3 is 2.22 bits per heavy atom. The smallest absolute Gasteiger partial charge is 0.303 e. The zero-order chi connectivity index (χ0) is 25.2. The number of nitrogens with one attached hydrogen (secondary N) is 1. The summed E-state index contributed by atoms with van der Waals surface area (Å²) in [6, 6.07) is 19.7. The predicted octanol–water partition coefficient (Wildman–Crippen LogP) is 2.41. The first kappa shape index (κ1) is 27.3. The van der Waals surface area contributed by atoms with Crippen molar-refractivity contribution >= 4 is 28.3 Å². The van der Waals surface area contributed by atoms with Crippen molar-refractivity contribution in [1.82, 2.24) is 4.98 Å². The number of rotatable bonds is 8. The van der Waals surface area contributed by atoms with Gasteiger partial charge in [0.15, 0.2) is 5.88 Å². The zero-order valence-corrected chi connectivity index (χ0v) is 22.6. The SMILES string of the molecule is C[N+](C)(C)Cc1ccc(N=C(c2ccc(CCC(=O)O)cc2)c2c(O)[nH]c3cc(F)ccc23)cc1.[I-]. The number of carboxylic acid groups (broad SMARTS) is 1. The van der Waals surface area contributed by atoms with Crippen LogP contribution in [0, 0.1) is 5.82 Å². The number of halogens is 2. The summed E-state index contributed by atoms with van der Waals surface area (Å²) in [5.41, 5.74) is 5.03. The average Bonchev–Trinajstić information content (AvgIpc) is 3.11. The van der Waals surface area contributed by atoms with Crippen LogP contribution < -0.4 is 24.0 Å². The number of aromatic amines is 1. The van der Waals surface area contributed by atoms with Crippen LogP contribution in [0.4, 0.5) is 10.1 Å². The largest absolute Gasteiger partial charge is 1.00 e. The summed E-state index contributed by atoms with van der Waals surface area (Å²) >= 11 is 0. The van der Waals surface area contributed by atoms with Crippen molar-refractivity contribution in [2.45, 2.75) is 19.4 Å². The number of aryl methyl sites for hydroxylation is 1. The van der Waals surface area contributed by atoms with Gasteiger partial charge in [-0.15, -0.1) is 0 Å². The van der Waals surface area contributed by atoms with Gasteiger partial charge in [0.25, 0.3) is 0 Å². The van der Waals surface area contributed by atoms with Gasteiger partial charge in [0.2, 0.25) is 0 Å². The Labute approximate surface area is 226 Å². The molecular formula is C28H29FIN3O3. The summed E-state index contributed by atoms with van der Waals surface area (Å²) in [6.45, 7) is 0.878. The molecule has 3 N–H and O–H groups in total. The van der Waals surface area contributed by atoms with E-state index in [1.807, 2.05) is 48.5 Å². The number of quaternary nitrogens is 1. The molecule has 0 amide bonds. The van der Waals surface area contributed by atoms with E-state index in [2.05, 4.69) is 26.1 Å². The molecule has 4 rings (SSSR count). The van der Waals surface area contributed by atoms with E-state index in [9.17, 15) is 14.3 Å². The molecule has 8 heteroatoms. The van der Waals surface area contributed by atoms with Gasteiger partial charge in [0.05, 0.1) is 43.6 Å². The molecule has 0 saturated carbocycles. The maximum atomic E-state index is 13.8. The van der Waals surface area contributed by atoms with Gasteiger partial charge in [-0.1, -0.05) is 36.4 Å². The lowest BCUT2D eigenvalue weighted by Gasteiger charge is -2.23. The van der Waals surface area contributed by atoms with Gasteiger partial charge in [-0.25, -0.2) is 9.38 Å². The Kier molecular flexibility index (Phi) is 8.52. The van der Waals surface area contributed by atoms with Crippen LogP contribution in [0.2, 0.25) is 0 Å². The molecule has 0 saturated heterocycles. The number of aliphatic carboxylic acids is 1. The number of aromatic nitrogens is 1. The van der Waals surface area contributed by atoms with Gasteiger partial charge in [0.1, 0.15) is 12.4 Å². The second-order valence-electron chi connectivity index (χ2n) is 9.70. The summed E-state index contributed by atoms with van der Waals surface area (Å²) in [4.78, 5) is 18.7. The van der Waals surface area contributed by atoms with Crippen LogP contribution in [0.15, 0.2) is 71.7 Å². The first-order chi connectivity index (χ1) is 16.6. The number of H-pyrrole nitrogens is 1. The highest BCUT2D eigenvalue weighted by molar-refractivity contribution is 6.21. The van der Waals surface area contributed by atoms with Crippen LogP contribution in [-0.4, -0.2) is 52.5 Å². The van der Waals surface area contributed by atoms with Crippen molar-refractivity contribution in [2.75, 3.05) is 21.1 Å². The molecule has 1 aromatic heterocycles. The number of fused-ring (bicyclic) bond motifs is 1. The number of hydrogen-bond donors (Lipinski definition) is 3. The van der Waals surface area contributed by atoms with Gasteiger partial charge in [-0.05, 0) is 42.3 Å². The van der Waals surface area contributed by atoms with Gasteiger partial charge in [0, 0.05) is 22.9 Å². The van der Waals surface area contributed by atoms with Crippen molar-refractivity contribution < 1.29 is 47.9 Å². The molecule has 4 aromatic rings. The maximum Gasteiger partial charge on any atom is 0.303 e. The van der Waals surface area contributed by atoms with Crippen LogP contribution in [0.25, 0.3) is 10.9 Å². The Morgan fingerprint density at radius 2 is 1.61 bits per heavy atom. The normalized spacial score (nSPS) is 11.9. The highest BCUT2D eigenvalue weighted by atomic mass is 127. The fourth-order valence-corrected chi connectivity index (χ4v) is 4.09. The fraction of sp³-hybridized carbons (Fsp3) is 0.214. The topological polar surface area (TPSA) is 85.7 Å². The van der Waals surface area contributed by atoms with Crippen LogP contribution in [-0.2, 0) is 17.8 Å². The maximum absolute atomic E-state index is 13.8. The number of carboxylic acids is 1. The van der Waals surface area contributed by atoms with E-state index in [1.165, 1.54) is 17.7 Å². The lowest BCUT2D eigenvalue weighted by molar-refractivity contribution is -0.884. The number of aromatic hydroxyl groups is 1. The molecule has 188 valence electrons. The van der Waals surface area contributed by atoms with E-state index in [-0.39, 0.29) is 36.3 Å². The molecule has 36 heavy (non-hydrogen) atoms.